The van der Waals surface area contributed by atoms with Gasteiger partial charge in [0.05, 0.1) is 47.8 Å². The molecule has 0 unspecified atom stereocenters. The average Bonchev–Trinajstić information content (AvgIpc) is 2.90. The highest BCUT2D eigenvalue weighted by atomic mass is 16.7. The Kier molecular flexibility index (Phi) is 6.74. The maximum absolute atomic E-state index is 13.6. The van der Waals surface area contributed by atoms with E-state index in [0.29, 0.717) is 0 Å². The average molecular weight is 543 g/mol. The Morgan fingerprint density at radius 1 is 1.23 bits per heavy atom. The maximum Gasteiger partial charge on any atom is 0.198 e. The molecule has 1 heterocycles. The molecule has 2 aromatic carbocycles. The van der Waals surface area contributed by atoms with Gasteiger partial charge in [-0.15, -0.1) is 0 Å². The summed E-state index contributed by atoms with van der Waals surface area (Å²) in [4.78, 5) is 26.2. The van der Waals surface area contributed by atoms with Crippen LogP contribution in [-0.4, -0.2) is 86.7 Å². The van der Waals surface area contributed by atoms with Gasteiger partial charge in [0.25, 0.3) is 0 Å². The molecule has 0 saturated carbocycles. The second-order valence-corrected chi connectivity index (χ2v) is 10.2. The van der Waals surface area contributed by atoms with E-state index in [1.54, 1.807) is 19.1 Å². The van der Waals surface area contributed by atoms with Crippen LogP contribution in [0.25, 0.3) is 0 Å². The number of methoxy groups -OCH3 is 1. The summed E-state index contributed by atoms with van der Waals surface area (Å²) in [5.74, 6) is -2.57. The van der Waals surface area contributed by atoms with Gasteiger partial charge in [0, 0.05) is 42.0 Å². The van der Waals surface area contributed by atoms with Gasteiger partial charge in [0.2, 0.25) is 0 Å². The minimum absolute atomic E-state index is 0.0338. The molecule has 8 N–H and O–H groups in total. The summed E-state index contributed by atoms with van der Waals surface area (Å²) in [6.45, 7) is 0.596. The van der Waals surface area contributed by atoms with E-state index < -0.39 is 78.8 Å². The van der Waals surface area contributed by atoms with Crippen molar-refractivity contribution in [1.82, 2.24) is 0 Å². The van der Waals surface area contributed by atoms with Gasteiger partial charge in [0.1, 0.15) is 29.5 Å². The van der Waals surface area contributed by atoms with Crippen molar-refractivity contribution in [2.24, 2.45) is 5.73 Å². The van der Waals surface area contributed by atoms with E-state index in [9.17, 15) is 35.1 Å². The van der Waals surface area contributed by atoms with Crippen LogP contribution in [0.1, 0.15) is 64.0 Å². The van der Waals surface area contributed by atoms with Gasteiger partial charge in [-0.05, 0) is 13.0 Å². The number of aromatic hydroxyl groups is 2. The van der Waals surface area contributed by atoms with Gasteiger partial charge in [-0.3, -0.25) is 15.0 Å². The molecule has 5 rings (SSSR count). The highest BCUT2D eigenvalue weighted by Gasteiger charge is 2.49. The third kappa shape index (κ3) is 4.11. The molecular formula is C27H30N2O10. The molecule has 208 valence electrons. The fraction of sp³-hybridized carbons (Fsp3) is 0.444. The second kappa shape index (κ2) is 9.66. The number of carbonyl (C=O) groups is 2. The molecule has 0 radical (unpaired) electrons. The number of ether oxygens (including phenoxy) is 3. The number of hydrogen-bond acceptors (Lipinski definition) is 12. The third-order valence-corrected chi connectivity index (χ3v) is 7.85. The number of carbonyl (C=O) groups excluding carboxylic acids is 2. The summed E-state index contributed by atoms with van der Waals surface area (Å²) >= 11 is 0. The van der Waals surface area contributed by atoms with Crippen LogP contribution in [0.2, 0.25) is 0 Å². The summed E-state index contributed by atoms with van der Waals surface area (Å²) < 4.78 is 17.1. The van der Waals surface area contributed by atoms with Crippen molar-refractivity contribution in [3.8, 4) is 17.2 Å². The van der Waals surface area contributed by atoms with Crippen LogP contribution in [0, 0.1) is 5.41 Å². The molecule has 1 saturated heterocycles. The predicted molar refractivity (Wildman–Crippen MR) is 134 cm³/mol. The lowest BCUT2D eigenvalue weighted by Crippen LogP contribution is -2.53. The Hall–Kier alpha value is -3.39. The van der Waals surface area contributed by atoms with Crippen molar-refractivity contribution in [3.05, 3.63) is 51.6 Å². The molecule has 0 aromatic heterocycles. The molecule has 1 fully saturated rings. The predicted octanol–water partition coefficient (Wildman–Crippen LogP) is 0.186. The number of nitrogens with one attached hydrogen (secondary N) is 1. The van der Waals surface area contributed by atoms with E-state index in [2.05, 4.69) is 0 Å². The molecule has 2 aromatic rings. The Balaban J connectivity index is 1.69. The van der Waals surface area contributed by atoms with Gasteiger partial charge < -0.3 is 45.5 Å². The van der Waals surface area contributed by atoms with E-state index in [1.807, 2.05) is 0 Å². The van der Waals surface area contributed by atoms with Gasteiger partial charge in [-0.2, -0.15) is 0 Å². The summed E-state index contributed by atoms with van der Waals surface area (Å²) in [6, 6.07) is 3.87. The van der Waals surface area contributed by atoms with Crippen molar-refractivity contribution < 1.29 is 49.3 Å². The zero-order chi connectivity index (χ0) is 28.4. The Labute approximate surface area is 223 Å². The van der Waals surface area contributed by atoms with E-state index in [1.165, 1.54) is 13.2 Å². The van der Waals surface area contributed by atoms with E-state index >= 15 is 0 Å². The van der Waals surface area contributed by atoms with Crippen LogP contribution in [0.3, 0.4) is 0 Å². The monoisotopic (exact) mass is 542 g/mol. The third-order valence-electron chi connectivity index (χ3n) is 7.85. The van der Waals surface area contributed by atoms with Crippen LogP contribution < -0.4 is 10.5 Å². The molecule has 1 aliphatic heterocycles. The Morgan fingerprint density at radius 2 is 1.95 bits per heavy atom. The van der Waals surface area contributed by atoms with Gasteiger partial charge in [0.15, 0.2) is 17.9 Å². The highest BCUT2D eigenvalue weighted by Crippen LogP contribution is 2.52. The van der Waals surface area contributed by atoms with E-state index in [-0.39, 0.29) is 51.3 Å². The lowest BCUT2D eigenvalue weighted by atomic mass is 9.71. The number of hydrogen-bond donors (Lipinski definition) is 7. The highest BCUT2D eigenvalue weighted by molar-refractivity contribution is 6.32. The van der Waals surface area contributed by atoms with Crippen LogP contribution in [0.4, 0.5) is 0 Å². The minimum Gasteiger partial charge on any atom is -0.507 e. The number of aliphatic hydroxyl groups excluding tert-OH is 2. The zero-order valence-electron chi connectivity index (χ0n) is 21.3. The lowest BCUT2D eigenvalue weighted by molar-refractivity contribution is -0.247. The molecule has 0 spiro atoms. The summed E-state index contributed by atoms with van der Waals surface area (Å²) in [5.41, 5.74) is 2.98. The number of fused-ring (bicyclic) bond motifs is 3. The first-order chi connectivity index (χ1) is 18.4. The molecule has 2 aliphatic carbocycles. The minimum atomic E-state index is -2.21. The Bertz CT molecular complexity index is 1380. The number of phenols is 2. The maximum atomic E-state index is 13.6. The topological polar surface area (TPSA) is 213 Å². The quantitative estimate of drug-likeness (QED) is 0.216. The smallest absolute Gasteiger partial charge is 0.198 e. The van der Waals surface area contributed by atoms with Crippen molar-refractivity contribution >= 4 is 17.3 Å². The molecule has 12 heteroatoms. The number of rotatable bonds is 5. The molecule has 0 amide bonds. The zero-order valence-corrected chi connectivity index (χ0v) is 21.3. The van der Waals surface area contributed by atoms with Crippen molar-refractivity contribution in [2.45, 2.75) is 62.4 Å². The Morgan fingerprint density at radius 3 is 2.59 bits per heavy atom. The number of phenolic OH excluding ortho intramolecular Hbond substituents is 2. The molecule has 12 nitrogen and oxygen atoms in total. The number of ketones is 2. The lowest BCUT2D eigenvalue weighted by Gasteiger charge is -2.42. The molecule has 6 atom stereocenters. The van der Waals surface area contributed by atoms with E-state index in [4.69, 9.17) is 25.4 Å². The van der Waals surface area contributed by atoms with Gasteiger partial charge in [-0.1, -0.05) is 12.1 Å². The fourth-order valence-electron chi connectivity index (χ4n) is 5.80. The molecule has 39 heavy (non-hydrogen) atoms. The first kappa shape index (κ1) is 27.2. The van der Waals surface area contributed by atoms with Crippen LogP contribution in [-0.2, 0) is 20.7 Å². The van der Waals surface area contributed by atoms with Crippen LogP contribution in [0.5, 0.6) is 17.2 Å². The number of aliphatic hydroxyl groups is 3. The first-order valence-electron chi connectivity index (χ1n) is 12.5. The van der Waals surface area contributed by atoms with Crippen LogP contribution >= 0.6 is 0 Å². The van der Waals surface area contributed by atoms with Gasteiger partial charge >= 0.3 is 0 Å². The van der Waals surface area contributed by atoms with E-state index in [0.717, 1.165) is 0 Å². The number of Topliss-reactive ketones (excluding diaryl/α,β-unsaturated/α-hetero) is 1. The summed E-state index contributed by atoms with van der Waals surface area (Å²) in [6.07, 6.45) is -4.89. The van der Waals surface area contributed by atoms with Gasteiger partial charge in [-0.25, -0.2) is 0 Å². The van der Waals surface area contributed by atoms with Crippen LogP contribution in [0.15, 0.2) is 18.2 Å². The summed E-state index contributed by atoms with van der Waals surface area (Å²) in [7, 11) is 1.38. The number of benzene rings is 2. The number of nitrogens with two attached hydrogens (primary N) is 1. The molecule has 3 aliphatic rings. The first-order valence-corrected chi connectivity index (χ1v) is 12.5. The molecular weight excluding hydrogens is 512 g/mol. The normalized spacial score (nSPS) is 29.8. The molecule has 0 bridgehead atoms. The largest absolute Gasteiger partial charge is 0.507 e. The van der Waals surface area contributed by atoms with Crippen molar-refractivity contribution in [2.75, 3.05) is 13.7 Å². The SMILES string of the molecule is COc1cccc2c1C(=N)c1c(O)c3c(c(O)c1C2=O)C[C@@](O)(C(=O)CO)C[C@@H]3O[C@H]1C[C@H](N)[C@H](O)[C@H](C)O1. The van der Waals surface area contributed by atoms with Crippen molar-refractivity contribution in [1.29, 1.82) is 5.41 Å². The standard InChI is InChI=1S/C27H30N2O10/c1-10-23(32)13(28)6-17(38-10)39-15-8-27(36,16(31)9-30)7-12-19(15)26(35)20-21(25(12)34)24(33)11-4-3-5-14(37-2)18(11)22(20)29/h3-5,10,13,15,17,23,29-30,32,34-36H,6-9,28H2,1-2H3/t10-,13-,15-,17-,23+,27-/m0/s1. The fourth-order valence-corrected chi connectivity index (χ4v) is 5.80. The van der Waals surface area contributed by atoms with Crippen molar-refractivity contribution in [3.63, 3.8) is 0 Å². The second-order valence-electron chi connectivity index (χ2n) is 10.2. The summed E-state index contributed by atoms with van der Waals surface area (Å²) in [5, 5.41) is 62.7.